The molecular formula is C14H15N3O4S. The second-order valence-electron chi connectivity index (χ2n) is 5.30. The Kier molecular flexibility index (Phi) is 3.48. The number of nitrogens with one attached hydrogen (secondary N) is 1. The largest absolute Gasteiger partial charge is 0.435 e. The minimum Gasteiger partial charge on any atom is -0.435 e. The molecule has 1 aliphatic rings. The third-order valence-corrected chi connectivity index (χ3v) is 4.78. The Morgan fingerprint density at radius 1 is 1.36 bits per heavy atom. The SMILES string of the molecule is Cc1cccnc1S(=O)(=O)NC(=O)c1oc(C2CC2)nc1C. The summed E-state index contributed by atoms with van der Waals surface area (Å²) >= 11 is 0. The highest BCUT2D eigenvalue weighted by atomic mass is 32.2. The summed E-state index contributed by atoms with van der Waals surface area (Å²) < 4.78 is 31.9. The molecule has 0 aliphatic heterocycles. The zero-order valence-electron chi connectivity index (χ0n) is 12.2. The van der Waals surface area contributed by atoms with Crippen LogP contribution in [0.5, 0.6) is 0 Å². The van der Waals surface area contributed by atoms with Crippen molar-refractivity contribution in [1.82, 2.24) is 14.7 Å². The molecule has 0 radical (unpaired) electrons. The average Bonchev–Trinajstić information content (AvgIpc) is 3.21. The number of amides is 1. The van der Waals surface area contributed by atoms with E-state index in [0.717, 1.165) is 12.8 Å². The lowest BCUT2D eigenvalue weighted by Gasteiger charge is -2.07. The van der Waals surface area contributed by atoms with Crippen LogP contribution in [0.25, 0.3) is 0 Å². The van der Waals surface area contributed by atoms with Crippen molar-refractivity contribution in [2.45, 2.75) is 37.6 Å². The fourth-order valence-corrected chi connectivity index (χ4v) is 3.23. The number of nitrogens with zero attached hydrogens (tertiary/aromatic N) is 2. The van der Waals surface area contributed by atoms with Gasteiger partial charge in [0, 0.05) is 12.1 Å². The molecule has 22 heavy (non-hydrogen) atoms. The number of aromatic nitrogens is 2. The van der Waals surface area contributed by atoms with Crippen molar-refractivity contribution in [2.24, 2.45) is 0 Å². The van der Waals surface area contributed by atoms with Crippen molar-refractivity contribution in [1.29, 1.82) is 0 Å². The van der Waals surface area contributed by atoms with Gasteiger partial charge in [0.1, 0.15) is 0 Å². The number of sulfonamides is 1. The van der Waals surface area contributed by atoms with Crippen LogP contribution < -0.4 is 4.72 Å². The van der Waals surface area contributed by atoms with Gasteiger partial charge in [0.25, 0.3) is 10.0 Å². The summed E-state index contributed by atoms with van der Waals surface area (Å²) in [4.78, 5) is 20.2. The van der Waals surface area contributed by atoms with E-state index in [9.17, 15) is 13.2 Å². The minimum absolute atomic E-state index is 0.0703. The summed E-state index contributed by atoms with van der Waals surface area (Å²) in [5.74, 6) is -0.162. The van der Waals surface area contributed by atoms with Gasteiger partial charge in [-0.1, -0.05) is 6.07 Å². The van der Waals surface area contributed by atoms with Gasteiger partial charge in [-0.15, -0.1) is 0 Å². The number of carbonyl (C=O) groups excluding carboxylic acids is 1. The second kappa shape index (κ2) is 5.20. The van der Waals surface area contributed by atoms with E-state index in [1.54, 1.807) is 26.0 Å². The van der Waals surface area contributed by atoms with Crippen LogP contribution in [0, 0.1) is 13.8 Å². The van der Waals surface area contributed by atoms with Crippen molar-refractivity contribution in [3.63, 3.8) is 0 Å². The van der Waals surface area contributed by atoms with Gasteiger partial charge in [0.05, 0.1) is 5.69 Å². The molecule has 0 saturated heterocycles. The third kappa shape index (κ3) is 2.74. The third-order valence-electron chi connectivity index (χ3n) is 3.39. The van der Waals surface area contributed by atoms with Crippen LogP contribution in [0.15, 0.2) is 27.8 Å². The van der Waals surface area contributed by atoms with E-state index in [4.69, 9.17) is 4.42 Å². The lowest BCUT2D eigenvalue weighted by atomic mass is 10.3. The van der Waals surface area contributed by atoms with E-state index < -0.39 is 15.9 Å². The van der Waals surface area contributed by atoms with E-state index in [1.807, 2.05) is 4.72 Å². The Bertz CT molecular complexity index is 838. The fraction of sp³-hybridized carbons (Fsp3) is 0.357. The molecule has 1 N–H and O–H groups in total. The summed E-state index contributed by atoms with van der Waals surface area (Å²) in [5.41, 5.74) is 0.836. The second-order valence-corrected chi connectivity index (χ2v) is 6.90. The number of carbonyl (C=O) groups is 1. The van der Waals surface area contributed by atoms with Crippen LogP contribution in [0.1, 0.15) is 46.5 Å². The maximum Gasteiger partial charge on any atom is 0.302 e. The van der Waals surface area contributed by atoms with Crippen molar-refractivity contribution < 1.29 is 17.6 Å². The lowest BCUT2D eigenvalue weighted by molar-refractivity contribution is 0.0951. The first-order chi connectivity index (χ1) is 10.4. The van der Waals surface area contributed by atoms with Gasteiger partial charge in [-0.05, 0) is 38.3 Å². The number of hydrogen-bond acceptors (Lipinski definition) is 6. The maximum atomic E-state index is 12.2. The summed E-state index contributed by atoms with van der Waals surface area (Å²) in [6, 6.07) is 3.23. The molecule has 8 heteroatoms. The number of oxazole rings is 1. The molecule has 0 unspecified atom stereocenters. The highest BCUT2D eigenvalue weighted by Gasteiger charge is 2.32. The van der Waals surface area contributed by atoms with Crippen molar-refractivity contribution in [3.05, 3.63) is 41.2 Å². The predicted octanol–water partition coefficient (Wildman–Crippen LogP) is 1.68. The molecule has 3 rings (SSSR count). The first-order valence-electron chi connectivity index (χ1n) is 6.84. The van der Waals surface area contributed by atoms with Gasteiger partial charge in [-0.25, -0.2) is 14.7 Å². The number of pyridine rings is 1. The highest BCUT2D eigenvalue weighted by molar-refractivity contribution is 7.90. The van der Waals surface area contributed by atoms with Crippen LogP contribution in [0.4, 0.5) is 0 Å². The molecule has 0 bridgehead atoms. The molecule has 1 saturated carbocycles. The van der Waals surface area contributed by atoms with Crippen molar-refractivity contribution in [3.8, 4) is 0 Å². The lowest BCUT2D eigenvalue weighted by Crippen LogP contribution is -2.31. The number of rotatable bonds is 4. The molecule has 1 amide bonds. The summed E-state index contributed by atoms with van der Waals surface area (Å²) in [7, 11) is -4.05. The smallest absolute Gasteiger partial charge is 0.302 e. The standard InChI is InChI=1S/C14H15N3O4S/c1-8-4-3-7-15-14(8)22(19,20)17-12(18)11-9(2)16-13(21-11)10-5-6-10/h3-4,7,10H,5-6H2,1-2H3,(H,17,18). The molecular weight excluding hydrogens is 306 g/mol. The van der Waals surface area contributed by atoms with Gasteiger partial charge < -0.3 is 4.42 Å². The van der Waals surface area contributed by atoms with E-state index in [0.29, 0.717) is 17.1 Å². The van der Waals surface area contributed by atoms with Gasteiger partial charge >= 0.3 is 5.91 Å². The summed E-state index contributed by atoms with van der Waals surface area (Å²) in [5, 5.41) is -0.178. The molecule has 7 nitrogen and oxygen atoms in total. The van der Waals surface area contributed by atoms with Gasteiger partial charge in [0.15, 0.2) is 10.9 Å². The fourth-order valence-electron chi connectivity index (χ4n) is 2.10. The molecule has 0 spiro atoms. The zero-order chi connectivity index (χ0) is 15.9. The quantitative estimate of drug-likeness (QED) is 0.919. The minimum atomic E-state index is -4.05. The molecule has 1 fully saturated rings. The van der Waals surface area contributed by atoms with Crippen molar-refractivity contribution in [2.75, 3.05) is 0 Å². The Balaban J connectivity index is 1.86. The van der Waals surface area contributed by atoms with Gasteiger partial charge in [-0.2, -0.15) is 8.42 Å². The van der Waals surface area contributed by atoms with Crippen molar-refractivity contribution >= 4 is 15.9 Å². The molecule has 0 aromatic carbocycles. The van der Waals surface area contributed by atoms with Gasteiger partial charge in [0.2, 0.25) is 5.76 Å². The van der Waals surface area contributed by atoms with Crippen LogP contribution >= 0.6 is 0 Å². The predicted molar refractivity (Wildman–Crippen MR) is 76.8 cm³/mol. The molecule has 2 aromatic heterocycles. The Hall–Kier alpha value is -2.22. The Morgan fingerprint density at radius 3 is 2.73 bits per heavy atom. The Morgan fingerprint density at radius 2 is 2.09 bits per heavy atom. The van der Waals surface area contributed by atoms with Crippen LogP contribution in [0.2, 0.25) is 0 Å². The monoisotopic (exact) mass is 321 g/mol. The maximum absolute atomic E-state index is 12.2. The normalized spacial score (nSPS) is 14.8. The summed E-state index contributed by atoms with van der Waals surface area (Å²) in [6.07, 6.45) is 3.32. The molecule has 0 atom stereocenters. The zero-order valence-corrected chi connectivity index (χ0v) is 13.0. The topological polar surface area (TPSA) is 102 Å². The first-order valence-corrected chi connectivity index (χ1v) is 8.33. The number of aryl methyl sites for hydroxylation is 2. The van der Waals surface area contributed by atoms with E-state index in [2.05, 4.69) is 9.97 Å². The van der Waals surface area contributed by atoms with Crippen LogP contribution in [-0.2, 0) is 10.0 Å². The van der Waals surface area contributed by atoms with E-state index >= 15 is 0 Å². The average molecular weight is 321 g/mol. The molecule has 1 aliphatic carbocycles. The highest BCUT2D eigenvalue weighted by Crippen LogP contribution is 2.40. The molecule has 2 aromatic rings. The molecule has 2 heterocycles. The Labute approximate surface area is 127 Å². The summed E-state index contributed by atoms with van der Waals surface area (Å²) in [6.45, 7) is 3.22. The van der Waals surface area contributed by atoms with E-state index in [1.165, 1.54) is 6.20 Å². The van der Waals surface area contributed by atoms with Crippen LogP contribution in [0.3, 0.4) is 0 Å². The first kappa shape index (κ1) is 14.7. The number of hydrogen-bond donors (Lipinski definition) is 1. The van der Waals surface area contributed by atoms with Gasteiger partial charge in [-0.3, -0.25) is 4.79 Å². The van der Waals surface area contributed by atoms with Crippen LogP contribution in [-0.4, -0.2) is 24.3 Å². The molecule has 116 valence electrons. The van der Waals surface area contributed by atoms with E-state index in [-0.39, 0.29) is 16.7 Å².